The Balaban J connectivity index is 1.31. The SMILES string of the molecule is c1ccc(Cn2nncc2CN2CCN(Cc3ccco3)CC2)cc1. The molecule has 0 bridgehead atoms. The van der Waals surface area contributed by atoms with Crippen molar-refractivity contribution in [3.8, 4) is 0 Å². The van der Waals surface area contributed by atoms with Crippen LogP contribution in [-0.4, -0.2) is 51.0 Å². The third-order valence-electron chi connectivity index (χ3n) is 4.68. The van der Waals surface area contributed by atoms with Gasteiger partial charge in [-0.1, -0.05) is 35.5 Å². The quantitative estimate of drug-likeness (QED) is 0.690. The van der Waals surface area contributed by atoms with E-state index in [0.29, 0.717) is 0 Å². The van der Waals surface area contributed by atoms with Gasteiger partial charge in [0.15, 0.2) is 0 Å². The van der Waals surface area contributed by atoms with Crippen molar-refractivity contribution in [1.82, 2.24) is 24.8 Å². The normalized spacial score (nSPS) is 16.3. The van der Waals surface area contributed by atoms with Gasteiger partial charge < -0.3 is 4.42 Å². The molecule has 1 aliphatic heterocycles. The second kappa shape index (κ2) is 7.63. The summed E-state index contributed by atoms with van der Waals surface area (Å²) in [5.74, 6) is 1.04. The summed E-state index contributed by atoms with van der Waals surface area (Å²) in [5.41, 5.74) is 2.42. The molecule has 0 saturated carbocycles. The van der Waals surface area contributed by atoms with Crippen molar-refractivity contribution >= 4 is 0 Å². The maximum atomic E-state index is 5.45. The summed E-state index contributed by atoms with van der Waals surface area (Å²) in [7, 11) is 0. The van der Waals surface area contributed by atoms with Crippen LogP contribution in [0.5, 0.6) is 0 Å². The van der Waals surface area contributed by atoms with Crippen molar-refractivity contribution in [2.24, 2.45) is 0 Å². The molecule has 1 fully saturated rings. The molecule has 3 aromatic rings. The molecule has 0 radical (unpaired) electrons. The van der Waals surface area contributed by atoms with Gasteiger partial charge in [-0.25, -0.2) is 4.68 Å². The Morgan fingerprint density at radius 3 is 2.32 bits per heavy atom. The van der Waals surface area contributed by atoms with Gasteiger partial charge in [-0.3, -0.25) is 9.80 Å². The summed E-state index contributed by atoms with van der Waals surface area (Å²) < 4.78 is 7.45. The summed E-state index contributed by atoms with van der Waals surface area (Å²) in [6.07, 6.45) is 3.63. The van der Waals surface area contributed by atoms with E-state index in [2.05, 4.69) is 44.4 Å². The fourth-order valence-corrected chi connectivity index (χ4v) is 3.25. The first kappa shape index (κ1) is 16.1. The molecule has 130 valence electrons. The van der Waals surface area contributed by atoms with E-state index in [9.17, 15) is 0 Å². The lowest BCUT2D eigenvalue weighted by Gasteiger charge is -2.34. The molecule has 0 N–H and O–H groups in total. The van der Waals surface area contributed by atoms with Gasteiger partial charge in [0.1, 0.15) is 5.76 Å². The molecule has 0 aliphatic carbocycles. The molecule has 1 saturated heterocycles. The zero-order valence-corrected chi connectivity index (χ0v) is 14.3. The standard InChI is InChI=1S/C19H23N5O/c1-2-5-17(6-3-1)14-24-18(13-20-21-24)15-22-8-10-23(11-9-22)16-19-7-4-12-25-19/h1-7,12-13H,8-11,14-16H2. The third-order valence-corrected chi connectivity index (χ3v) is 4.68. The van der Waals surface area contributed by atoms with Gasteiger partial charge in [-0.15, -0.1) is 5.10 Å². The second-order valence-electron chi connectivity index (χ2n) is 6.50. The van der Waals surface area contributed by atoms with Crippen LogP contribution in [0.2, 0.25) is 0 Å². The Labute approximate surface area is 147 Å². The minimum atomic E-state index is 0.772. The number of nitrogens with zero attached hydrogens (tertiary/aromatic N) is 5. The van der Waals surface area contributed by atoms with Crippen LogP contribution in [0.3, 0.4) is 0 Å². The van der Waals surface area contributed by atoms with E-state index < -0.39 is 0 Å². The van der Waals surface area contributed by atoms with E-state index in [-0.39, 0.29) is 0 Å². The highest BCUT2D eigenvalue weighted by Crippen LogP contribution is 2.12. The molecular weight excluding hydrogens is 314 g/mol. The smallest absolute Gasteiger partial charge is 0.117 e. The Kier molecular flexibility index (Phi) is 4.90. The van der Waals surface area contributed by atoms with Gasteiger partial charge in [0, 0.05) is 32.7 Å². The van der Waals surface area contributed by atoms with Crippen molar-refractivity contribution < 1.29 is 4.42 Å². The summed E-state index contributed by atoms with van der Waals surface area (Å²) >= 11 is 0. The number of hydrogen-bond acceptors (Lipinski definition) is 5. The first-order chi connectivity index (χ1) is 12.4. The molecule has 0 atom stereocenters. The Hall–Kier alpha value is -2.44. The minimum absolute atomic E-state index is 0.772. The zero-order chi connectivity index (χ0) is 16.9. The Morgan fingerprint density at radius 1 is 0.840 bits per heavy atom. The first-order valence-corrected chi connectivity index (χ1v) is 8.75. The average molecular weight is 337 g/mol. The molecule has 1 aromatic carbocycles. The van der Waals surface area contributed by atoms with Crippen LogP contribution in [0.25, 0.3) is 0 Å². The van der Waals surface area contributed by atoms with E-state index in [1.54, 1.807) is 6.26 Å². The van der Waals surface area contributed by atoms with E-state index in [1.807, 2.05) is 29.1 Å². The summed E-state index contributed by atoms with van der Waals surface area (Å²) in [6.45, 7) is 6.79. The molecule has 4 rings (SSSR count). The van der Waals surface area contributed by atoms with E-state index in [0.717, 1.165) is 51.6 Å². The van der Waals surface area contributed by atoms with Gasteiger partial charge in [-0.2, -0.15) is 0 Å². The summed E-state index contributed by atoms with van der Waals surface area (Å²) in [6, 6.07) is 14.4. The molecule has 25 heavy (non-hydrogen) atoms. The minimum Gasteiger partial charge on any atom is -0.468 e. The maximum absolute atomic E-state index is 5.45. The van der Waals surface area contributed by atoms with Crippen molar-refractivity contribution in [2.75, 3.05) is 26.2 Å². The van der Waals surface area contributed by atoms with Crippen LogP contribution in [0.1, 0.15) is 17.0 Å². The van der Waals surface area contributed by atoms with E-state index in [1.165, 1.54) is 11.3 Å². The monoisotopic (exact) mass is 337 g/mol. The predicted octanol–water partition coefficient (Wildman–Crippen LogP) is 2.24. The number of piperazine rings is 1. The maximum Gasteiger partial charge on any atom is 0.117 e. The summed E-state index contributed by atoms with van der Waals surface area (Å²) in [5, 5.41) is 8.37. The van der Waals surface area contributed by atoms with E-state index >= 15 is 0 Å². The molecule has 0 spiro atoms. The molecule has 0 amide bonds. The first-order valence-electron chi connectivity index (χ1n) is 8.75. The van der Waals surface area contributed by atoms with Gasteiger partial charge >= 0.3 is 0 Å². The van der Waals surface area contributed by atoms with Gasteiger partial charge in [-0.05, 0) is 17.7 Å². The fraction of sp³-hybridized carbons (Fsp3) is 0.368. The second-order valence-corrected chi connectivity index (χ2v) is 6.50. The molecule has 0 unspecified atom stereocenters. The third kappa shape index (κ3) is 4.15. The molecular formula is C19H23N5O. The number of rotatable bonds is 6. The highest BCUT2D eigenvalue weighted by Gasteiger charge is 2.19. The molecule has 2 aromatic heterocycles. The number of aromatic nitrogens is 3. The van der Waals surface area contributed by atoms with Crippen LogP contribution in [0.15, 0.2) is 59.3 Å². The highest BCUT2D eigenvalue weighted by molar-refractivity contribution is 5.15. The van der Waals surface area contributed by atoms with Crippen LogP contribution < -0.4 is 0 Å². The van der Waals surface area contributed by atoms with E-state index in [4.69, 9.17) is 4.42 Å². The molecule has 6 heteroatoms. The Bertz CT molecular complexity index is 760. The predicted molar refractivity (Wildman–Crippen MR) is 94.8 cm³/mol. The fourth-order valence-electron chi connectivity index (χ4n) is 3.25. The lowest BCUT2D eigenvalue weighted by Crippen LogP contribution is -2.45. The summed E-state index contributed by atoms with van der Waals surface area (Å²) in [4.78, 5) is 4.91. The zero-order valence-electron chi connectivity index (χ0n) is 14.3. The van der Waals surface area contributed by atoms with Crippen LogP contribution in [-0.2, 0) is 19.6 Å². The molecule has 6 nitrogen and oxygen atoms in total. The van der Waals surface area contributed by atoms with Crippen LogP contribution >= 0.6 is 0 Å². The molecule has 3 heterocycles. The van der Waals surface area contributed by atoms with Gasteiger partial charge in [0.25, 0.3) is 0 Å². The van der Waals surface area contributed by atoms with Crippen molar-refractivity contribution in [2.45, 2.75) is 19.6 Å². The van der Waals surface area contributed by atoms with Gasteiger partial charge in [0.05, 0.1) is 31.2 Å². The lowest BCUT2D eigenvalue weighted by atomic mass is 10.2. The number of benzene rings is 1. The van der Waals surface area contributed by atoms with Crippen molar-refractivity contribution in [3.63, 3.8) is 0 Å². The lowest BCUT2D eigenvalue weighted by molar-refractivity contribution is 0.114. The number of furan rings is 1. The molecule has 1 aliphatic rings. The number of hydrogen-bond donors (Lipinski definition) is 0. The van der Waals surface area contributed by atoms with Crippen molar-refractivity contribution in [3.05, 3.63) is 71.9 Å². The van der Waals surface area contributed by atoms with Crippen molar-refractivity contribution in [1.29, 1.82) is 0 Å². The van der Waals surface area contributed by atoms with Crippen LogP contribution in [0.4, 0.5) is 0 Å². The largest absolute Gasteiger partial charge is 0.468 e. The highest BCUT2D eigenvalue weighted by atomic mass is 16.3. The Morgan fingerprint density at radius 2 is 1.60 bits per heavy atom. The topological polar surface area (TPSA) is 50.3 Å². The van der Waals surface area contributed by atoms with Crippen LogP contribution in [0, 0.1) is 0 Å². The average Bonchev–Trinajstić information content (AvgIpc) is 3.30. The van der Waals surface area contributed by atoms with Gasteiger partial charge in [0.2, 0.25) is 0 Å².